The third-order valence-electron chi connectivity index (χ3n) is 2.59. The Morgan fingerprint density at radius 1 is 1.62 bits per heavy atom. The minimum Gasteiger partial charge on any atom is -0.308 e. The molecule has 1 aromatic heterocycles. The molecule has 1 unspecified atom stereocenters. The molecular weight excluding hydrogens is 180 g/mol. The van der Waals surface area contributed by atoms with Crippen LogP contribution < -0.4 is 5.32 Å². The number of rotatable bonds is 2. The van der Waals surface area contributed by atoms with Gasteiger partial charge < -0.3 is 5.32 Å². The van der Waals surface area contributed by atoms with Crippen molar-refractivity contribution in [3.8, 4) is 0 Å². The zero-order valence-corrected chi connectivity index (χ0v) is 9.08. The first-order chi connectivity index (χ1) is 6.31. The van der Waals surface area contributed by atoms with Crippen molar-refractivity contribution in [1.29, 1.82) is 0 Å². The fraction of sp³-hybridized carbons (Fsp3) is 0.700. The molecule has 0 amide bonds. The van der Waals surface area contributed by atoms with Gasteiger partial charge in [0.2, 0.25) is 0 Å². The van der Waals surface area contributed by atoms with Crippen LogP contribution in [-0.2, 0) is 6.42 Å². The molecule has 1 atom stereocenters. The van der Waals surface area contributed by atoms with Crippen LogP contribution in [0.1, 0.15) is 41.4 Å². The number of hydrogen-bond acceptors (Lipinski definition) is 3. The van der Waals surface area contributed by atoms with E-state index in [1.54, 1.807) is 0 Å². The van der Waals surface area contributed by atoms with E-state index in [4.69, 9.17) is 0 Å². The van der Waals surface area contributed by atoms with Gasteiger partial charge in [0.1, 0.15) is 5.01 Å². The van der Waals surface area contributed by atoms with E-state index in [1.165, 1.54) is 28.4 Å². The van der Waals surface area contributed by atoms with Crippen LogP contribution in [0.2, 0.25) is 0 Å². The zero-order chi connectivity index (χ0) is 9.26. The van der Waals surface area contributed by atoms with Gasteiger partial charge in [-0.3, -0.25) is 0 Å². The Hall–Kier alpha value is -0.410. The lowest BCUT2D eigenvalue weighted by Gasteiger charge is -2.03. The van der Waals surface area contributed by atoms with E-state index < -0.39 is 0 Å². The van der Waals surface area contributed by atoms with E-state index in [9.17, 15) is 0 Å². The smallest absolute Gasteiger partial charge is 0.110 e. The minimum atomic E-state index is 0.545. The van der Waals surface area contributed by atoms with Crippen LogP contribution in [0.5, 0.6) is 0 Å². The lowest BCUT2D eigenvalue weighted by atomic mass is 10.2. The molecule has 13 heavy (non-hydrogen) atoms. The molecule has 1 saturated heterocycles. The summed E-state index contributed by atoms with van der Waals surface area (Å²) in [5.74, 6) is 0. The highest BCUT2D eigenvalue weighted by Gasteiger charge is 2.20. The first kappa shape index (κ1) is 9.16. The molecule has 1 aliphatic rings. The molecule has 2 nitrogen and oxygen atoms in total. The normalized spacial score (nSPS) is 22.5. The Morgan fingerprint density at radius 3 is 3.00 bits per heavy atom. The fourth-order valence-electron chi connectivity index (χ4n) is 1.82. The number of aromatic nitrogens is 1. The van der Waals surface area contributed by atoms with Crippen molar-refractivity contribution >= 4 is 11.3 Å². The van der Waals surface area contributed by atoms with Crippen molar-refractivity contribution < 1.29 is 0 Å². The topological polar surface area (TPSA) is 24.9 Å². The van der Waals surface area contributed by atoms with Crippen molar-refractivity contribution in [2.24, 2.45) is 0 Å². The molecule has 0 aromatic carbocycles. The Balaban J connectivity index is 2.20. The van der Waals surface area contributed by atoms with Crippen molar-refractivity contribution in [2.75, 3.05) is 6.54 Å². The number of nitrogens with zero attached hydrogens (tertiary/aromatic N) is 1. The molecule has 2 heterocycles. The van der Waals surface area contributed by atoms with Crippen LogP contribution in [0.15, 0.2) is 0 Å². The molecule has 1 N–H and O–H groups in total. The maximum Gasteiger partial charge on any atom is 0.110 e. The predicted molar refractivity (Wildman–Crippen MR) is 56.2 cm³/mol. The standard InChI is InChI=1S/C10H16N2S/c1-3-9-7(2)12-10(13-9)8-5-4-6-11-8/h8,11H,3-6H2,1-2H3. The van der Waals surface area contributed by atoms with E-state index in [0.29, 0.717) is 6.04 Å². The molecule has 3 heteroatoms. The highest BCUT2D eigenvalue weighted by molar-refractivity contribution is 7.11. The number of aryl methyl sites for hydroxylation is 2. The first-order valence-electron chi connectivity index (χ1n) is 5.01. The summed E-state index contributed by atoms with van der Waals surface area (Å²) in [6.45, 7) is 5.48. The predicted octanol–water partition coefficient (Wildman–Crippen LogP) is 2.44. The van der Waals surface area contributed by atoms with Gasteiger partial charge in [-0.15, -0.1) is 11.3 Å². The molecule has 0 spiro atoms. The second-order valence-electron chi connectivity index (χ2n) is 3.56. The van der Waals surface area contributed by atoms with Crippen molar-refractivity contribution in [3.05, 3.63) is 15.6 Å². The highest BCUT2D eigenvalue weighted by Crippen LogP contribution is 2.28. The van der Waals surface area contributed by atoms with Gasteiger partial charge in [0, 0.05) is 4.88 Å². The second kappa shape index (κ2) is 3.76. The van der Waals surface area contributed by atoms with Crippen molar-refractivity contribution in [2.45, 2.75) is 39.2 Å². The third-order valence-corrected chi connectivity index (χ3v) is 4.00. The molecule has 0 bridgehead atoms. The Bertz CT molecular complexity index is 287. The Kier molecular flexibility index (Phi) is 2.65. The van der Waals surface area contributed by atoms with Crippen LogP contribution in [0.25, 0.3) is 0 Å². The van der Waals surface area contributed by atoms with Crippen LogP contribution in [0, 0.1) is 6.92 Å². The van der Waals surface area contributed by atoms with Gasteiger partial charge in [0.05, 0.1) is 11.7 Å². The second-order valence-corrected chi connectivity index (χ2v) is 4.68. The van der Waals surface area contributed by atoms with Gasteiger partial charge in [-0.1, -0.05) is 6.92 Å². The quantitative estimate of drug-likeness (QED) is 0.786. The molecule has 72 valence electrons. The number of nitrogens with one attached hydrogen (secondary N) is 1. The summed E-state index contributed by atoms with van der Waals surface area (Å²) in [7, 11) is 0. The van der Waals surface area contributed by atoms with E-state index in [2.05, 4.69) is 24.1 Å². The molecule has 2 rings (SSSR count). The van der Waals surface area contributed by atoms with Gasteiger partial charge in [0.25, 0.3) is 0 Å². The van der Waals surface area contributed by atoms with E-state index in [1.807, 2.05) is 11.3 Å². The maximum absolute atomic E-state index is 4.62. The van der Waals surface area contributed by atoms with Crippen LogP contribution in [-0.4, -0.2) is 11.5 Å². The highest BCUT2D eigenvalue weighted by atomic mass is 32.1. The van der Waals surface area contributed by atoms with E-state index in [-0.39, 0.29) is 0 Å². The van der Waals surface area contributed by atoms with Crippen LogP contribution in [0.4, 0.5) is 0 Å². The fourth-order valence-corrected chi connectivity index (χ4v) is 2.94. The summed E-state index contributed by atoms with van der Waals surface area (Å²) >= 11 is 1.88. The molecule has 0 saturated carbocycles. The largest absolute Gasteiger partial charge is 0.308 e. The average Bonchev–Trinajstić information content (AvgIpc) is 2.71. The monoisotopic (exact) mass is 196 g/mol. The summed E-state index contributed by atoms with van der Waals surface area (Å²) in [5, 5.41) is 4.78. The molecular formula is C10H16N2S. The van der Waals surface area contributed by atoms with E-state index in [0.717, 1.165) is 13.0 Å². The first-order valence-corrected chi connectivity index (χ1v) is 5.82. The van der Waals surface area contributed by atoms with Gasteiger partial charge in [-0.25, -0.2) is 4.98 Å². The van der Waals surface area contributed by atoms with Gasteiger partial charge in [0.15, 0.2) is 0 Å². The average molecular weight is 196 g/mol. The number of hydrogen-bond donors (Lipinski definition) is 1. The molecule has 0 aliphatic carbocycles. The third kappa shape index (κ3) is 1.76. The summed E-state index contributed by atoms with van der Waals surface area (Å²) in [6.07, 6.45) is 3.68. The maximum atomic E-state index is 4.62. The number of thiazole rings is 1. The molecule has 1 aromatic rings. The Labute approximate surface area is 83.4 Å². The Morgan fingerprint density at radius 2 is 2.46 bits per heavy atom. The summed E-state index contributed by atoms with van der Waals surface area (Å²) in [4.78, 5) is 6.07. The van der Waals surface area contributed by atoms with E-state index >= 15 is 0 Å². The van der Waals surface area contributed by atoms with Gasteiger partial charge in [-0.05, 0) is 32.7 Å². The molecule has 1 aliphatic heterocycles. The molecule has 0 radical (unpaired) electrons. The SMILES string of the molecule is CCc1sc(C2CCCN2)nc1C. The lowest BCUT2D eigenvalue weighted by molar-refractivity contribution is 0.641. The zero-order valence-electron chi connectivity index (χ0n) is 8.26. The minimum absolute atomic E-state index is 0.545. The summed E-state index contributed by atoms with van der Waals surface area (Å²) < 4.78 is 0. The van der Waals surface area contributed by atoms with Crippen molar-refractivity contribution in [1.82, 2.24) is 10.3 Å². The lowest BCUT2D eigenvalue weighted by Crippen LogP contribution is -2.12. The molecule has 1 fully saturated rings. The van der Waals surface area contributed by atoms with Crippen LogP contribution >= 0.6 is 11.3 Å². The van der Waals surface area contributed by atoms with Gasteiger partial charge >= 0.3 is 0 Å². The van der Waals surface area contributed by atoms with Gasteiger partial charge in [-0.2, -0.15) is 0 Å². The van der Waals surface area contributed by atoms with Crippen molar-refractivity contribution in [3.63, 3.8) is 0 Å². The van der Waals surface area contributed by atoms with Crippen LogP contribution in [0.3, 0.4) is 0 Å². The summed E-state index contributed by atoms with van der Waals surface area (Å²) in [6, 6.07) is 0.545. The summed E-state index contributed by atoms with van der Waals surface area (Å²) in [5.41, 5.74) is 1.23.